The number of fused-ring (bicyclic) bond motifs is 2. The summed E-state index contributed by atoms with van der Waals surface area (Å²) in [6.07, 6.45) is 4.24. The molecule has 3 aromatic rings. The van der Waals surface area contributed by atoms with Crippen molar-refractivity contribution in [1.29, 1.82) is 0 Å². The Morgan fingerprint density at radius 2 is 2.06 bits per heavy atom. The van der Waals surface area contributed by atoms with Gasteiger partial charge in [-0.2, -0.15) is 4.98 Å². The Hall–Kier alpha value is -3.06. The third-order valence-electron chi connectivity index (χ3n) is 6.55. The number of hydrogen-bond donors (Lipinski definition) is 1. The number of nitrogens with one attached hydrogen (secondary N) is 1. The van der Waals surface area contributed by atoms with E-state index in [9.17, 15) is 4.79 Å². The monoisotopic (exact) mass is 419 g/mol. The highest BCUT2D eigenvalue weighted by atomic mass is 16.5. The first-order valence-corrected chi connectivity index (χ1v) is 11.0. The average molecular weight is 419 g/mol. The molecule has 2 fully saturated rings. The van der Waals surface area contributed by atoms with Crippen molar-refractivity contribution in [2.24, 2.45) is 5.41 Å². The van der Waals surface area contributed by atoms with Crippen molar-refractivity contribution in [2.75, 3.05) is 43.1 Å². The van der Waals surface area contributed by atoms with Gasteiger partial charge < -0.3 is 24.1 Å². The van der Waals surface area contributed by atoms with Crippen LogP contribution in [-0.4, -0.2) is 43.8 Å². The average Bonchev–Trinajstić information content (AvgIpc) is 3.21. The minimum Gasteiger partial charge on any atom is -0.493 e. The van der Waals surface area contributed by atoms with E-state index in [2.05, 4.69) is 10.2 Å². The first kappa shape index (κ1) is 18.7. The topological polar surface area (TPSA) is 76.8 Å². The van der Waals surface area contributed by atoms with Crippen molar-refractivity contribution in [3.63, 3.8) is 0 Å². The molecule has 4 heterocycles. The fourth-order valence-electron chi connectivity index (χ4n) is 4.83. The first-order chi connectivity index (χ1) is 15.2. The van der Waals surface area contributed by atoms with Crippen molar-refractivity contribution in [3.8, 4) is 5.75 Å². The molecule has 2 saturated heterocycles. The minimum absolute atomic E-state index is 0.139. The highest BCUT2D eigenvalue weighted by molar-refractivity contribution is 6.05. The van der Waals surface area contributed by atoms with Gasteiger partial charge in [0.2, 0.25) is 0 Å². The van der Waals surface area contributed by atoms with Crippen LogP contribution in [0.25, 0.3) is 11.1 Å². The lowest BCUT2D eigenvalue weighted by Gasteiger charge is -2.47. The number of benzene rings is 2. The van der Waals surface area contributed by atoms with Crippen LogP contribution in [0.5, 0.6) is 5.75 Å². The second-order valence-corrected chi connectivity index (χ2v) is 8.93. The molecule has 1 amide bonds. The van der Waals surface area contributed by atoms with Crippen LogP contribution in [0.2, 0.25) is 0 Å². The van der Waals surface area contributed by atoms with Gasteiger partial charge >= 0.3 is 0 Å². The number of anilines is 2. The van der Waals surface area contributed by atoms with Gasteiger partial charge in [-0.1, -0.05) is 0 Å². The highest BCUT2D eigenvalue weighted by Crippen LogP contribution is 2.39. The Bertz CT molecular complexity index is 1150. The van der Waals surface area contributed by atoms with E-state index >= 15 is 0 Å². The summed E-state index contributed by atoms with van der Waals surface area (Å²) in [5.41, 5.74) is 4.16. The van der Waals surface area contributed by atoms with E-state index < -0.39 is 0 Å². The molecule has 0 atom stereocenters. The van der Waals surface area contributed by atoms with Crippen molar-refractivity contribution in [3.05, 3.63) is 47.5 Å². The Morgan fingerprint density at radius 1 is 1.13 bits per heavy atom. The molecule has 3 aliphatic rings. The van der Waals surface area contributed by atoms with Gasteiger partial charge in [-0.25, -0.2) is 0 Å². The van der Waals surface area contributed by atoms with Crippen LogP contribution in [0.1, 0.15) is 35.2 Å². The fourth-order valence-corrected chi connectivity index (χ4v) is 4.83. The number of carbonyl (C=O) groups excluding carboxylic acids is 1. The quantitative estimate of drug-likeness (QED) is 0.691. The third-order valence-corrected chi connectivity index (χ3v) is 6.55. The van der Waals surface area contributed by atoms with E-state index in [0.717, 1.165) is 74.6 Å². The zero-order chi connectivity index (χ0) is 20.8. The summed E-state index contributed by atoms with van der Waals surface area (Å²) >= 11 is 0. The molecule has 31 heavy (non-hydrogen) atoms. The number of rotatable bonds is 3. The van der Waals surface area contributed by atoms with Crippen molar-refractivity contribution >= 4 is 28.7 Å². The molecule has 6 rings (SSSR count). The highest BCUT2D eigenvalue weighted by Gasteiger charge is 2.43. The molecule has 3 aliphatic heterocycles. The van der Waals surface area contributed by atoms with Crippen LogP contribution in [0, 0.1) is 5.41 Å². The number of ether oxygens (including phenoxy) is 2. The summed E-state index contributed by atoms with van der Waals surface area (Å²) in [6, 6.07) is 11.9. The number of amides is 1. The summed E-state index contributed by atoms with van der Waals surface area (Å²) in [5.74, 6) is 0.742. The molecular formula is C24H25N3O4. The van der Waals surface area contributed by atoms with Crippen LogP contribution in [0.4, 0.5) is 11.7 Å². The molecule has 2 aromatic carbocycles. The summed E-state index contributed by atoms with van der Waals surface area (Å²) < 4.78 is 17.1. The maximum atomic E-state index is 12.8. The first-order valence-electron chi connectivity index (χ1n) is 11.0. The molecule has 0 aliphatic carbocycles. The van der Waals surface area contributed by atoms with Gasteiger partial charge in [-0.3, -0.25) is 4.79 Å². The van der Waals surface area contributed by atoms with Gasteiger partial charge in [0.1, 0.15) is 11.3 Å². The van der Waals surface area contributed by atoms with Gasteiger partial charge in [0.25, 0.3) is 11.9 Å². The zero-order valence-corrected chi connectivity index (χ0v) is 17.4. The lowest BCUT2D eigenvalue weighted by molar-refractivity contribution is -0.118. The number of carbonyl (C=O) groups is 1. The molecule has 0 radical (unpaired) electrons. The van der Waals surface area contributed by atoms with Crippen LogP contribution in [0.15, 0.2) is 40.8 Å². The maximum Gasteiger partial charge on any atom is 0.298 e. The molecule has 7 heteroatoms. The lowest BCUT2D eigenvalue weighted by Crippen LogP contribution is -2.54. The Morgan fingerprint density at radius 3 is 2.94 bits per heavy atom. The predicted octanol–water partition coefficient (Wildman–Crippen LogP) is 4.02. The smallest absolute Gasteiger partial charge is 0.298 e. The minimum atomic E-state index is -0.139. The second kappa shape index (κ2) is 7.27. The van der Waals surface area contributed by atoms with E-state index in [1.165, 1.54) is 6.42 Å². The number of aryl methyl sites for hydroxylation is 1. The zero-order valence-electron chi connectivity index (χ0n) is 17.4. The van der Waals surface area contributed by atoms with E-state index in [1.54, 1.807) is 0 Å². The van der Waals surface area contributed by atoms with E-state index in [-0.39, 0.29) is 11.3 Å². The molecule has 1 N–H and O–H groups in total. The standard InChI is InChI=1S/C24H25N3O4/c28-22(17-4-6-20-16(11-17)3-1-10-30-20)25-18-5-7-21-19(12-18)26-23(31-21)27-9-2-8-24(13-27)14-29-15-24/h4-7,11-12H,1-3,8-10,13-15H2,(H,25,28). The van der Waals surface area contributed by atoms with Gasteiger partial charge in [0.05, 0.1) is 19.8 Å². The maximum absolute atomic E-state index is 12.8. The lowest BCUT2D eigenvalue weighted by atomic mass is 9.78. The van der Waals surface area contributed by atoms with Gasteiger partial charge in [-0.15, -0.1) is 0 Å². The van der Waals surface area contributed by atoms with Crippen LogP contribution >= 0.6 is 0 Å². The van der Waals surface area contributed by atoms with Crippen LogP contribution in [-0.2, 0) is 11.2 Å². The number of piperidine rings is 1. The molecule has 0 unspecified atom stereocenters. The van der Waals surface area contributed by atoms with Gasteiger partial charge in [0.15, 0.2) is 5.58 Å². The summed E-state index contributed by atoms with van der Waals surface area (Å²) in [6.45, 7) is 4.26. The number of oxazole rings is 1. The Labute approximate surface area is 180 Å². The third kappa shape index (κ3) is 3.43. The SMILES string of the molecule is O=C(Nc1ccc2oc(N3CCCC4(COC4)C3)nc2c1)c1ccc2c(c1)CCCO2. The van der Waals surface area contributed by atoms with Gasteiger partial charge in [0, 0.05) is 29.8 Å². The van der Waals surface area contributed by atoms with E-state index in [1.807, 2.05) is 36.4 Å². The largest absolute Gasteiger partial charge is 0.493 e. The van der Waals surface area contributed by atoms with Crippen molar-refractivity contribution < 1.29 is 18.7 Å². The molecular weight excluding hydrogens is 394 g/mol. The molecule has 7 nitrogen and oxygen atoms in total. The Balaban J connectivity index is 1.20. The second-order valence-electron chi connectivity index (χ2n) is 8.93. The molecule has 160 valence electrons. The van der Waals surface area contributed by atoms with E-state index in [0.29, 0.717) is 17.3 Å². The van der Waals surface area contributed by atoms with Gasteiger partial charge in [-0.05, 0) is 67.6 Å². The molecule has 1 spiro atoms. The Kier molecular flexibility index (Phi) is 4.38. The fraction of sp³-hybridized carbons (Fsp3) is 0.417. The number of hydrogen-bond acceptors (Lipinski definition) is 6. The van der Waals surface area contributed by atoms with Crippen molar-refractivity contribution in [2.45, 2.75) is 25.7 Å². The van der Waals surface area contributed by atoms with Crippen LogP contribution < -0.4 is 15.0 Å². The normalized spacial score (nSPS) is 19.5. The number of aromatic nitrogens is 1. The molecule has 0 saturated carbocycles. The van der Waals surface area contributed by atoms with Crippen molar-refractivity contribution in [1.82, 2.24) is 4.98 Å². The van der Waals surface area contributed by atoms with E-state index in [4.69, 9.17) is 18.9 Å². The molecule has 0 bridgehead atoms. The molecule has 1 aromatic heterocycles. The summed E-state index contributed by atoms with van der Waals surface area (Å²) in [7, 11) is 0. The predicted molar refractivity (Wildman–Crippen MR) is 117 cm³/mol. The summed E-state index contributed by atoms with van der Waals surface area (Å²) in [4.78, 5) is 19.7. The number of nitrogens with zero attached hydrogens (tertiary/aromatic N) is 2. The van der Waals surface area contributed by atoms with Crippen LogP contribution in [0.3, 0.4) is 0 Å². The summed E-state index contributed by atoms with van der Waals surface area (Å²) in [5, 5.41) is 2.99.